The van der Waals surface area contributed by atoms with Gasteiger partial charge in [-0.15, -0.1) is 0 Å². The van der Waals surface area contributed by atoms with E-state index in [1.807, 2.05) is 5.43 Å². The average Bonchev–Trinajstić information content (AvgIpc) is 2.10. The third-order valence-electron chi connectivity index (χ3n) is 1.38. The normalized spacial score (nSPS) is 9.71. The number of benzene rings is 1. The van der Waals surface area contributed by atoms with Crippen molar-refractivity contribution in [3.63, 3.8) is 0 Å². The first kappa shape index (κ1) is 11.6. The number of hydrogen-bond acceptors (Lipinski definition) is 2. The van der Waals surface area contributed by atoms with Crippen molar-refractivity contribution in [1.29, 1.82) is 0 Å². The number of amides is 2. The predicted molar refractivity (Wildman–Crippen MR) is 60.5 cm³/mol. The number of rotatable bonds is 1. The largest absolute Gasteiger partial charge is 0.333 e. The van der Waals surface area contributed by atoms with Crippen LogP contribution in [0.3, 0.4) is 0 Å². The van der Waals surface area contributed by atoms with Crippen LogP contribution in [0.25, 0.3) is 0 Å². The number of halogens is 3. The molecule has 1 aromatic carbocycles. The predicted octanol–water partition coefficient (Wildman–Crippen LogP) is 2.75. The molecule has 0 saturated heterocycles. The standard InChI is InChI=1S/C7H6BrCl2N3O/c8-3-1-4(9)6(5(10)2-3)12-7(14)13-11/h1-2H,11H2,(H2,12,13,14). The number of hydrogen-bond donors (Lipinski definition) is 3. The molecule has 2 amide bonds. The first-order chi connectivity index (χ1) is 6.54. The minimum Gasteiger partial charge on any atom is -0.304 e. The van der Waals surface area contributed by atoms with Crippen LogP contribution in [-0.2, 0) is 0 Å². The fourth-order valence-corrected chi connectivity index (χ4v) is 2.11. The summed E-state index contributed by atoms with van der Waals surface area (Å²) in [7, 11) is 0. The van der Waals surface area contributed by atoms with Gasteiger partial charge in [-0.2, -0.15) is 0 Å². The third-order valence-corrected chi connectivity index (χ3v) is 2.43. The van der Waals surface area contributed by atoms with Crippen LogP contribution in [0.1, 0.15) is 0 Å². The van der Waals surface area contributed by atoms with Crippen molar-refractivity contribution in [2.24, 2.45) is 5.84 Å². The van der Waals surface area contributed by atoms with Crippen LogP contribution >= 0.6 is 39.1 Å². The van der Waals surface area contributed by atoms with E-state index in [-0.39, 0.29) is 0 Å². The highest BCUT2D eigenvalue weighted by Crippen LogP contribution is 2.33. The maximum atomic E-state index is 10.9. The SMILES string of the molecule is NNC(=O)Nc1c(Cl)cc(Br)cc1Cl. The second-order valence-corrected chi connectivity index (χ2v) is 4.07. The minimum absolute atomic E-state index is 0.319. The molecule has 0 aromatic heterocycles. The molecular weight excluding hydrogens is 293 g/mol. The lowest BCUT2D eigenvalue weighted by molar-refractivity contribution is 0.252. The van der Waals surface area contributed by atoms with Crippen molar-refractivity contribution in [3.8, 4) is 0 Å². The Balaban J connectivity index is 3.02. The van der Waals surface area contributed by atoms with Crippen LogP contribution in [-0.4, -0.2) is 6.03 Å². The van der Waals surface area contributed by atoms with Crippen molar-refractivity contribution in [2.45, 2.75) is 0 Å². The van der Waals surface area contributed by atoms with E-state index in [2.05, 4.69) is 21.2 Å². The van der Waals surface area contributed by atoms with Gasteiger partial charge in [0.2, 0.25) is 0 Å². The topological polar surface area (TPSA) is 67.1 Å². The minimum atomic E-state index is -0.587. The number of urea groups is 1. The van der Waals surface area contributed by atoms with E-state index >= 15 is 0 Å². The van der Waals surface area contributed by atoms with Gasteiger partial charge in [0, 0.05) is 4.47 Å². The van der Waals surface area contributed by atoms with Crippen LogP contribution in [0.5, 0.6) is 0 Å². The van der Waals surface area contributed by atoms with Crippen molar-refractivity contribution in [1.82, 2.24) is 5.43 Å². The highest BCUT2D eigenvalue weighted by atomic mass is 79.9. The Morgan fingerprint density at radius 1 is 1.36 bits per heavy atom. The number of nitrogens with two attached hydrogens (primary N) is 1. The smallest absolute Gasteiger partial charge is 0.304 e. The molecule has 0 spiro atoms. The molecule has 0 aliphatic heterocycles. The molecule has 7 heteroatoms. The molecule has 4 nitrogen and oxygen atoms in total. The molecule has 0 fully saturated rings. The maximum absolute atomic E-state index is 10.9. The van der Waals surface area contributed by atoms with Gasteiger partial charge in [-0.05, 0) is 12.1 Å². The molecule has 76 valence electrons. The van der Waals surface area contributed by atoms with Gasteiger partial charge >= 0.3 is 6.03 Å². The van der Waals surface area contributed by atoms with Crippen LogP contribution in [0.2, 0.25) is 10.0 Å². The summed E-state index contributed by atoms with van der Waals surface area (Å²) >= 11 is 14.9. The lowest BCUT2D eigenvalue weighted by Crippen LogP contribution is -2.34. The van der Waals surface area contributed by atoms with Gasteiger partial charge in [-0.1, -0.05) is 39.1 Å². The second-order valence-electron chi connectivity index (χ2n) is 2.34. The monoisotopic (exact) mass is 297 g/mol. The zero-order valence-corrected chi connectivity index (χ0v) is 9.87. The van der Waals surface area contributed by atoms with Gasteiger partial charge in [-0.3, -0.25) is 5.43 Å². The van der Waals surface area contributed by atoms with E-state index in [0.717, 1.165) is 4.47 Å². The van der Waals surface area contributed by atoms with E-state index in [1.165, 1.54) is 0 Å². The average molecular weight is 299 g/mol. The quantitative estimate of drug-likeness (QED) is 0.424. The summed E-state index contributed by atoms with van der Waals surface area (Å²) < 4.78 is 0.728. The van der Waals surface area contributed by atoms with Crippen molar-refractivity contribution in [2.75, 3.05) is 5.32 Å². The Morgan fingerprint density at radius 3 is 2.29 bits per heavy atom. The summed E-state index contributed by atoms with van der Waals surface area (Å²) in [6.45, 7) is 0. The number of carbonyl (C=O) groups excluding carboxylic acids is 1. The molecule has 1 aromatic rings. The molecule has 0 aliphatic carbocycles. The van der Waals surface area contributed by atoms with Gasteiger partial charge < -0.3 is 5.32 Å². The highest BCUT2D eigenvalue weighted by molar-refractivity contribution is 9.10. The lowest BCUT2D eigenvalue weighted by Gasteiger charge is -2.08. The Bertz CT molecular complexity index is 349. The van der Waals surface area contributed by atoms with E-state index in [0.29, 0.717) is 15.7 Å². The van der Waals surface area contributed by atoms with Gasteiger partial charge in [0.1, 0.15) is 0 Å². The van der Waals surface area contributed by atoms with Crippen LogP contribution in [0, 0.1) is 0 Å². The summed E-state index contributed by atoms with van der Waals surface area (Å²) in [4.78, 5) is 10.9. The Morgan fingerprint density at radius 2 is 1.86 bits per heavy atom. The zero-order valence-electron chi connectivity index (χ0n) is 6.77. The highest BCUT2D eigenvalue weighted by Gasteiger charge is 2.09. The van der Waals surface area contributed by atoms with E-state index < -0.39 is 6.03 Å². The Labute approximate surface area is 98.8 Å². The lowest BCUT2D eigenvalue weighted by atomic mass is 10.3. The molecule has 0 unspecified atom stereocenters. The molecule has 0 saturated carbocycles. The molecule has 0 bridgehead atoms. The van der Waals surface area contributed by atoms with Gasteiger partial charge in [0.15, 0.2) is 0 Å². The fourth-order valence-electron chi connectivity index (χ4n) is 0.811. The summed E-state index contributed by atoms with van der Waals surface area (Å²) in [5.41, 5.74) is 2.22. The van der Waals surface area contributed by atoms with Crippen molar-refractivity contribution < 1.29 is 4.79 Å². The number of anilines is 1. The van der Waals surface area contributed by atoms with Crippen LogP contribution < -0.4 is 16.6 Å². The molecule has 0 heterocycles. The second kappa shape index (κ2) is 4.84. The van der Waals surface area contributed by atoms with Gasteiger partial charge in [-0.25, -0.2) is 10.6 Å². The molecule has 14 heavy (non-hydrogen) atoms. The first-order valence-corrected chi connectivity index (χ1v) is 5.01. The molecule has 1 rings (SSSR count). The third kappa shape index (κ3) is 2.75. The maximum Gasteiger partial charge on any atom is 0.333 e. The Hall–Kier alpha value is -0.490. The van der Waals surface area contributed by atoms with Crippen LogP contribution in [0.4, 0.5) is 10.5 Å². The van der Waals surface area contributed by atoms with Crippen molar-refractivity contribution >= 4 is 50.9 Å². The molecule has 0 radical (unpaired) electrons. The number of carbonyl (C=O) groups is 1. The van der Waals surface area contributed by atoms with E-state index in [1.54, 1.807) is 12.1 Å². The molecular formula is C7H6BrCl2N3O. The number of hydrazine groups is 1. The van der Waals surface area contributed by atoms with Crippen molar-refractivity contribution in [3.05, 3.63) is 26.7 Å². The number of nitrogens with one attached hydrogen (secondary N) is 2. The molecule has 4 N–H and O–H groups in total. The zero-order chi connectivity index (χ0) is 10.7. The molecule has 0 aliphatic rings. The summed E-state index contributed by atoms with van der Waals surface area (Å²) in [5.74, 6) is 4.89. The summed E-state index contributed by atoms with van der Waals surface area (Å²) in [6, 6.07) is 2.63. The Kier molecular flexibility index (Phi) is 4.00. The van der Waals surface area contributed by atoms with Gasteiger partial charge in [0.25, 0.3) is 0 Å². The van der Waals surface area contributed by atoms with E-state index in [9.17, 15) is 4.79 Å². The first-order valence-electron chi connectivity index (χ1n) is 3.46. The van der Waals surface area contributed by atoms with E-state index in [4.69, 9.17) is 29.0 Å². The molecule has 0 atom stereocenters. The fraction of sp³-hybridized carbons (Fsp3) is 0. The van der Waals surface area contributed by atoms with Crippen LogP contribution in [0.15, 0.2) is 16.6 Å². The summed E-state index contributed by atoms with van der Waals surface area (Å²) in [6.07, 6.45) is 0. The van der Waals surface area contributed by atoms with Gasteiger partial charge in [0.05, 0.1) is 15.7 Å². The summed E-state index contributed by atoms with van der Waals surface area (Å²) in [5, 5.41) is 3.05.